The van der Waals surface area contributed by atoms with Crippen molar-refractivity contribution in [3.05, 3.63) is 29.2 Å². The van der Waals surface area contributed by atoms with Gasteiger partial charge in [-0.1, -0.05) is 166 Å². The van der Waals surface area contributed by atoms with Crippen molar-refractivity contribution in [2.45, 2.75) is 179 Å². The zero-order valence-electron chi connectivity index (χ0n) is 26.8. The summed E-state index contributed by atoms with van der Waals surface area (Å²) in [6.45, 7) is 0. The molecule has 0 unspecified atom stereocenters. The van der Waals surface area contributed by atoms with Gasteiger partial charge >= 0.3 is 0 Å². The minimum absolute atomic E-state index is 0.186. The molecule has 2 saturated carbocycles. The average Bonchev–Trinajstić information content (AvgIpc) is 3.33. The fraction of sp³-hybridized carbons (Fsp3) is 0.789. The molecule has 1 aromatic heterocycles. The first-order valence-corrected chi connectivity index (χ1v) is 18.8. The molecule has 4 heteroatoms. The van der Waals surface area contributed by atoms with E-state index in [2.05, 4.69) is 10.3 Å². The van der Waals surface area contributed by atoms with Crippen LogP contribution in [0.4, 0.5) is 10.1 Å². The quantitative estimate of drug-likeness (QED) is 0.359. The Kier molecular flexibility index (Phi) is 16.0. The monoisotopic (exact) mass is 600 g/mol. The van der Waals surface area contributed by atoms with E-state index in [4.69, 9.17) is 11.6 Å². The Balaban J connectivity index is 1.23. The number of nitrogens with one attached hydrogen (secondary N) is 2. The zero-order chi connectivity index (χ0) is 29.2. The third-order valence-corrected chi connectivity index (χ3v) is 10.9. The first-order valence-electron chi connectivity index (χ1n) is 18.4. The van der Waals surface area contributed by atoms with Crippen LogP contribution < -0.4 is 5.32 Å². The van der Waals surface area contributed by atoms with Crippen molar-refractivity contribution >= 4 is 28.2 Å². The van der Waals surface area contributed by atoms with E-state index >= 15 is 0 Å². The predicted molar refractivity (Wildman–Crippen MR) is 182 cm³/mol. The summed E-state index contributed by atoms with van der Waals surface area (Å²) in [7, 11) is 0. The molecule has 0 bridgehead atoms. The zero-order valence-corrected chi connectivity index (χ0v) is 27.6. The van der Waals surface area contributed by atoms with Crippen LogP contribution in [0.2, 0.25) is 5.02 Å². The molecular formula is C38H62ClFN2. The van der Waals surface area contributed by atoms with E-state index in [1.165, 1.54) is 161 Å². The van der Waals surface area contributed by atoms with Crippen molar-refractivity contribution in [3.8, 4) is 0 Å². The smallest absolute Gasteiger partial charge is 0.148 e. The summed E-state index contributed by atoms with van der Waals surface area (Å²) in [6.07, 6.45) is 39.6. The number of halogens is 2. The number of aromatic amines is 1. The second-order valence-electron chi connectivity index (χ2n) is 14.1. The lowest BCUT2D eigenvalue weighted by Gasteiger charge is -2.25. The number of hydrogen-bond acceptors (Lipinski definition) is 1. The Labute approximate surface area is 262 Å². The summed E-state index contributed by atoms with van der Waals surface area (Å²) in [6, 6.07) is 3.81. The molecular weight excluding hydrogens is 539 g/mol. The van der Waals surface area contributed by atoms with Crippen LogP contribution >= 0.6 is 11.6 Å². The Bertz CT molecular complexity index is 955. The van der Waals surface area contributed by atoms with E-state index in [1.807, 2.05) is 6.07 Å². The van der Waals surface area contributed by atoms with E-state index < -0.39 is 0 Å². The second-order valence-corrected chi connectivity index (χ2v) is 14.5. The SMILES string of the molecule is Fc1cc2[nH]cc(Cl)c2cc1NC1CCCCCCC(CC2CCCCCCCCCCCCCC2)CCCCCC1. The van der Waals surface area contributed by atoms with E-state index in [0.717, 1.165) is 35.6 Å². The summed E-state index contributed by atoms with van der Waals surface area (Å²) in [5.74, 6) is 1.74. The van der Waals surface area contributed by atoms with Gasteiger partial charge in [-0.25, -0.2) is 4.39 Å². The molecule has 238 valence electrons. The van der Waals surface area contributed by atoms with E-state index in [-0.39, 0.29) is 5.82 Å². The maximum Gasteiger partial charge on any atom is 0.148 e. The van der Waals surface area contributed by atoms with Gasteiger partial charge in [0.05, 0.1) is 10.7 Å². The van der Waals surface area contributed by atoms with Crippen molar-refractivity contribution < 1.29 is 4.39 Å². The highest BCUT2D eigenvalue weighted by Crippen LogP contribution is 2.33. The number of H-pyrrole nitrogens is 1. The fourth-order valence-electron chi connectivity index (χ4n) is 7.95. The van der Waals surface area contributed by atoms with Crippen molar-refractivity contribution in [1.29, 1.82) is 0 Å². The number of anilines is 1. The lowest BCUT2D eigenvalue weighted by Crippen LogP contribution is -2.20. The largest absolute Gasteiger partial charge is 0.380 e. The lowest BCUT2D eigenvalue weighted by atomic mass is 9.81. The van der Waals surface area contributed by atoms with Crippen LogP contribution in [0.15, 0.2) is 18.3 Å². The lowest BCUT2D eigenvalue weighted by molar-refractivity contribution is 0.281. The van der Waals surface area contributed by atoms with Crippen LogP contribution in [0, 0.1) is 17.7 Å². The molecule has 0 radical (unpaired) electrons. The standard InChI is InChI=1S/C38H62ClFN2/c39-35-30-41-37-29-36(40)38(28-34(35)37)42-33-25-19-13-11-17-23-32(24-18-12-14-20-26-33)27-31-21-15-9-7-5-3-1-2-4-6-8-10-16-22-31/h28-33,41-42H,1-27H2. The molecule has 2 N–H and O–H groups in total. The maximum atomic E-state index is 14.9. The maximum absolute atomic E-state index is 14.9. The topological polar surface area (TPSA) is 27.8 Å². The van der Waals surface area contributed by atoms with Crippen LogP contribution in [-0.4, -0.2) is 11.0 Å². The molecule has 0 aliphatic heterocycles. The van der Waals surface area contributed by atoms with E-state index in [0.29, 0.717) is 16.8 Å². The predicted octanol–water partition coefficient (Wildman–Crippen LogP) is 13.5. The van der Waals surface area contributed by atoms with E-state index in [1.54, 1.807) is 12.3 Å². The van der Waals surface area contributed by atoms with Gasteiger partial charge in [-0.15, -0.1) is 0 Å². The van der Waals surface area contributed by atoms with Crippen LogP contribution in [0.3, 0.4) is 0 Å². The van der Waals surface area contributed by atoms with Gasteiger partial charge in [-0.3, -0.25) is 0 Å². The molecule has 2 aromatic rings. The summed E-state index contributed by atoms with van der Waals surface area (Å²) in [5, 5.41) is 5.13. The van der Waals surface area contributed by atoms with Crippen molar-refractivity contribution in [2.75, 3.05) is 5.32 Å². The molecule has 2 aliphatic carbocycles. The highest BCUT2D eigenvalue weighted by atomic mass is 35.5. The highest BCUT2D eigenvalue weighted by molar-refractivity contribution is 6.35. The molecule has 1 heterocycles. The molecule has 2 aliphatic rings. The number of rotatable bonds is 4. The molecule has 0 amide bonds. The first kappa shape index (κ1) is 33.7. The van der Waals surface area contributed by atoms with Crippen molar-refractivity contribution in [2.24, 2.45) is 11.8 Å². The average molecular weight is 601 g/mol. The van der Waals surface area contributed by atoms with Crippen LogP contribution in [0.5, 0.6) is 0 Å². The summed E-state index contributed by atoms with van der Waals surface area (Å²) in [4.78, 5) is 3.06. The van der Waals surface area contributed by atoms with Crippen molar-refractivity contribution in [3.63, 3.8) is 0 Å². The van der Waals surface area contributed by atoms with E-state index in [9.17, 15) is 4.39 Å². The first-order chi connectivity index (χ1) is 20.7. The number of fused-ring (bicyclic) bond motifs is 1. The Morgan fingerprint density at radius 3 is 1.45 bits per heavy atom. The van der Waals surface area contributed by atoms with Gasteiger partial charge in [0.1, 0.15) is 5.82 Å². The normalized spacial score (nSPS) is 24.8. The van der Waals surface area contributed by atoms with Crippen LogP contribution in [-0.2, 0) is 0 Å². The molecule has 1 aromatic carbocycles. The van der Waals surface area contributed by atoms with Crippen LogP contribution in [0.25, 0.3) is 10.9 Å². The van der Waals surface area contributed by atoms with Crippen LogP contribution in [0.1, 0.15) is 173 Å². The molecule has 0 spiro atoms. The van der Waals surface area contributed by atoms with Gasteiger partial charge in [0, 0.05) is 29.2 Å². The van der Waals surface area contributed by atoms with Gasteiger partial charge in [0.15, 0.2) is 0 Å². The fourth-order valence-corrected chi connectivity index (χ4v) is 8.16. The number of benzene rings is 1. The molecule has 4 rings (SSSR count). The summed E-state index contributed by atoms with van der Waals surface area (Å²) >= 11 is 6.33. The Hall–Kier alpha value is -1.22. The highest BCUT2D eigenvalue weighted by Gasteiger charge is 2.18. The summed E-state index contributed by atoms with van der Waals surface area (Å²) < 4.78 is 14.9. The van der Waals surface area contributed by atoms with Gasteiger partial charge in [-0.2, -0.15) is 0 Å². The number of aromatic nitrogens is 1. The minimum Gasteiger partial charge on any atom is -0.380 e. The molecule has 0 saturated heterocycles. The minimum atomic E-state index is -0.186. The van der Waals surface area contributed by atoms with Gasteiger partial charge in [-0.05, 0) is 37.2 Å². The second kappa shape index (κ2) is 19.9. The Morgan fingerprint density at radius 2 is 1.00 bits per heavy atom. The summed E-state index contributed by atoms with van der Waals surface area (Å²) in [5.41, 5.74) is 1.37. The molecule has 0 atom stereocenters. The molecule has 42 heavy (non-hydrogen) atoms. The number of hydrogen-bond donors (Lipinski definition) is 2. The third kappa shape index (κ3) is 12.4. The van der Waals surface area contributed by atoms with Crippen molar-refractivity contribution in [1.82, 2.24) is 4.98 Å². The molecule has 2 nitrogen and oxygen atoms in total. The van der Waals surface area contributed by atoms with Gasteiger partial charge in [0.25, 0.3) is 0 Å². The molecule has 2 fully saturated rings. The Morgan fingerprint density at radius 1 is 0.595 bits per heavy atom. The van der Waals surface area contributed by atoms with Gasteiger partial charge in [0.2, 0.25) is 0 Å². The van der Waals surface area contributed by atoms with Gasteiger partial charge < -0.3 is 10.3 Å². The third-order valence-electron chi connectivity index (χ3n) is 10.5.